The van der Waals surface area contributed by atoms with Crippen LogP contribution in [0.2, 0.25) is 0 Å². The second-order valence-electron chi connectivity index (χ2n) is 9.32. The number of hydrogen-bond donors (Lipinski definition) is 2. The Morgan fingerprint density at radius 3 is 1.77 bits per heavy atom. The molecule has 8 nitrogen and oxygen atoms in total. The summed E-state index contributed by atoms with van der Waals surface area (Å²) in [7, 11) is 3.13. The zero-order valence-corrected chi connectivity index (χ0v) is 22.8. The first-order chi connectivity index (χ1) is 18.9. The maximum absolute atomic E-state index is 11.0. The number of nitrogens with zero attached hydrogens (tertiary/aromatic N) is 3. The van der Waals surface area contributed by atoms with E-state index in [-0.39, 0.29) is 23.1 Å². The van der Waals surface area contributed by atoms with Crippen LogP contribution in [0, 0.1) is 5.92 Å². The monoisotopic (exact) mass is 529 g/mol. The highest BCUT2D eigenvalue weighted by Crippen LogP contribution is 2.36. The van der Waals surface area contributed by atoms with Crippen molar-refractivity contribution in [2.75, 3.05) is 20.8 Å². The maximum atomic E-state index is 11.0. The number of phenols is 2. The van der Waals surface area contributed by atoms with Crippen LogP contribution < -0.4 is 14.2 Å². The van der Waals surface area contributed by atoms with Gasteiger partial charge in [-0.2, -0.15) is 0 Å². The minimum Gasteiger partial charge on any atom is -0.507 e. The fraction of sp³-hybridized carbons (Fsp3) is 0.323. The molecule has 39 heavy (non-hydrogen) atoms. The van der Waals surface area contributed by atoms with Gasteiger partial charge in [0.15, 0.2) is 17.5 Å². The summed E-state index contributed by atoms with van der Waals surface area (Å²) >= 11 is 0. The van der Waals surface area contributed by atoms with Crippen molar-refractivity contribution in [3.63, 3.8) is 0 Å². The van der Waals surface area contributed by atoms with Crippen LogP contribution in [0.5, 0.6) is 28.7 Å². The summed E-state index contributed by atoms with van der Waals surface area (Å²) in [6.45, 7) is 4.96. The lowest BCUT2D eigenvalue weighted by Crippen LogP contribution is -2.11. The molecule has 8 heteroatoms. The molecule has 4 aromatic rings. The van der Waals surface area contributed by atoms with Gasteiger partial charge in [0.1, 0.15) is 28.7 Å². The molecule has 0 spiro atoms. The molecule has 0 saturated heterocycles. The second kappa shape index (κ2) is 13.0. The van der Waals surface area contributed by atoms with Gasteiger partial charge in [-0.05, 0) is 60.9 Å². The zero-order valence-electron chi connectivity index (χ0n) is 22.8. The Balaban J connectivity index is 1.72. The Kier molecular flexibility index (Phi) is 9.20. The zero-order chi connectivity index (χ0) is 27.8. The fourth-order valence-corrected chi connectivity index (χ4v) is 4.22. The van der Waals surface area contributed by atoms with Crippen molar-refractivity contribution >= 4 is 0 Å². The van der Waals surface area contributed by atoms with Crippen LogP contribution in [0.1, 0.15) is 39.5 Å². The number of methoxy groups -OCH3 is 2. The summed E-state index contributed by atoms with van der Waals surface area (Å²) in [5.41, 5.74) is 1.56. The minimum atomic E-state index is -0.0336. The van der Waals surface area contributed by atoms with Crippen molar-refractivity contribution in [1.82, 2.24) is 15.0 Å². The molecule has 204 valence electrons. The van der Waals surface area contributed by atoms with Gasteiger partial charge < -0.3 is 24.4 Å². The number of aromatic hydroxyl groups is 2. The first-order valence-corrected chi connectivity index (χ1v) is 13.2. The molecule has 0 aliphatic carbocycles. The van der Waals surface area contributed by atoms with Crippen LogP contribution in [0.4, 0.5) is 0 Å². The molecule has 4 rings (SSSR count). The number of hydrogen-bond acceptors (Lipinski definition) is 8. The molecule has 2 N–H and O–H groups in total. The smallest absolute Gasteiger partial charge is 0.167 e. The summed E-state index contributed by atoms with van der Waals surface area (Å²) in [5, 5.41) is 21.6. The van der Waals surface area contributed by atoms with Gasteiger partial charge in [0, 0.05) is 17.7 Å². The molecule has 0 fully saturated rings. The van der Waals surface area contributed by atoms with E-state index in [1.807, 2.05) is 30.3 Å². The number of ether oxygens (including phenoxy) is 3. The van der Waals surface area contributed by atoms with Crippen molar-refractivity contribution in [3.8, 4) is 62.9 Å². The topological polar surface area (TPSA) is 107 Å². The van der Waals surface area contributed by atoms with Crippen LogP contribution >= 0.6 is 0 Å². The van der Waals surface area contributed by atoms with E-state index >= 15 is 0 Å². The highest BCUT2D eigenvalue weighted by Gasteiger charge is 2.18. The lowest BCUT2D eigenvalue weighted by molar-refractivity contribution is 0.232. The largest absolute Gasteiger partial charge is 0.507 e. The fourth-order valence-electron chi connectivity index (χ4n) is 4.22. The van der Waals surface area contributed by atoms with Crippen molar-refractivity contribution in [2.24, 2.45) is 5.92 Å². The third kappa shape index (κ3) is 6.76. The van der Waals surface area contributed by atoms with Gasteiger partial charge in [-0.15, -0.1) is 0 Å². The molecule has 0 bridgehead atoms. The van der Waals surface area contributed by atoms with Gasteiger partial charge >= 0.3 is 0 Å². The van der Waals surface area contributed by atoms with Crippen molar-refractivity contribution in [1.29, 1.82) is 0 Å². The Bertz CT molecular complexity index is 1390. The quantitative estimate of drug-likeness (QED) is 0.204. The Labute approximate surface area is 229 Å². The van der Waals surface area contributed by atoms with Crippen molar-refractivity contribution in [2.45, 2.75) is 39.5 Å². The first-order valence-electron chi connectivity index (χ1n) is 13.2. The SMILES string of the molecule is CCCCC(CC)COc1ccc(-c2nc(-c3ccc(OC)cc3)nc(-c3ccc(OC)cc3O)n2)c(O)c1. The third-order valence-electron chi connectivity index (χ3n) is 6.67. The number of unbranched alkanes of at least 4 members (excludes halogenated alkanes) is 1. The van der Waals surface area contributed by atoms with Crippen LogP contribution in [-0.2, 0) is 0 Å². The molecule has 0 radical (unpaired) electrons. The van der Waals surface area contributed by atoms with E-state index in [0.29, 0.717) is 46.7 Å². The van der Waals surface area contributed by atoms with Gasteiger partial charge in [0.05, 0.1) is 32.0 Å². The van der Waals surface area contributed by atoms with E-state index in [1.54, 1.807) is 31.4 Å². The molecule has 1 aromatic heterocycles. The van der Waals surface area contributed by atoms with E-state index in [0.717, 1.165) is 24.8 Å². The van der Waals surface area contributed by atoms with Gasteiger partial charge in [-0.1, -0.05) is 33.1 Å². The normalized spacial score (nSPS) is 11.7. The molecule has 0 saturated carbocycles. The summed E-state index contributed by atoms with van der Waals surface area (Å²) in [5.74, 6) is 3.13. The van der Waals surface area contributed by atoms with Crippen molar-refractivity contribution in [3.05, 3.63) is 60.7 Å². The Morgan fingerprint density at radius 2 is 1.23 bits per heavy atom. The first kappa shape index (κ1) is 27.7. The average Bonchev–Trinajstić information content (AvgIpc) is 2.97. The van der Waals surface area contributed by atoms with E-state index in [9.17, 15) is 10.2 Å². The van der Waals surface area contributed by atoms with Gasteiger partial charge in [-0.3, -0.25) is 0 Å². The molecule has 1 atom stereocenters. The molecular formula is C31H35N3O5. The summed E-state index contributed by atoms with van der Waals surface area (Å²) in [6.07, 6.45) is 4.50. The van der Waals surface area contributed by atoms with Crippen LogP contribution in [-0.4, -0.2) is 46.0 Å². The van der Waals surface area contributed by atoms with Crippen LogP contribution in [0.3, 0.4) is 0 Å². The standard InChI is InChI=1S/C31H35N3O5/c1-5-7-8-20(6-2)19-39-24-14-16-26(28(36)18-24)31-33-29(21-9-11-22(37-3)12-10-21)32-30(34-31)25-15-13-23(38-4)17-27(25)35/h9-18,20,35-36H,5-8,19H2,1-4H3. The number of benzene rings is 3. The van der Waals surface area contributed by atoms with E-state index in [1.165, 1.54) is 19.6 Å². The van der Waals surface area contributed by atoms with Gasteiger partial charge in [0.25, 0.3) is 0 Å². The Hall–Kier alpha value is -4.33. The molecule has 0 aliphatic heterocycles. The molecule has 3 aromatic carbocycles. The predicted octanol–water partition coefficient (Wildman–Crippen LogP) is 6.90. The molecule has 1 heterocycles. The summed E-state index contributed by atoms with van der Waals surface area (Å²) in [6, 6.07) is 17.4. The number of phenolic OH excluding ortho intramolecular Hbond substituents is 2. The number of aromatic nitrogens is 3. The van der Waals surface area contributed by atoms with Crippen LogP contribution in [0.15, 0.2) is 60.7 Å². The average molecular weight is 530 g/mol. The van der Waals surface area contributed by atoms with Crippen molar-refractivity contribution < 1.29 is 24.4 Å². The summed E-state index contributed by atoms with van der Waals surface area (Å²) in [4.78, 5) is 13.9. The van der Waals surface area contributed by atoms with E-state index in [2.05, 4.69) is 28.8 Å². The third-order valence-corrected chi connectivity index (χ3v) is 6.67. The maximum Gasteiger partial charge on any atom is 0.167 e. The second-order valence-corrected chi connectivity index (χ2v) is 9.32. The minimum absolute atomic E-state index is 0.00843. The lowest BCUT2D eigenvalue weighted by atomic mass is 10.0. The van der Waals surface area contributed by atoms with Gasteiger partial charge in [0.2, 0.25) is 0 Å². The molecular weight excluding hydrogens is 494 g/mol. The summed E-state index contributed by atoms with van der Waals surface area (Å²) < 4.78 is 16.5. The van der Waals surface area contributed by atoms with E-state index < -0.39 is 0 Å². The molecule has 1 unspecified atom stereocenters. The highest BCUT2D eigenvalue weighted by molar-refractivity contribution is 5.72. The lowest BCUT2D eigenvalue weighted by Gasteiger charge is -2.16. The highest BCUT2D eigenvalue weighted by atomic mass is 16.5. The predicted molar refractivity (Wildman–Crippen MR) is 151 cm³/mol. The van der Waals surface area contributed by atoms with Crippen LogP contribution in [0.25, 0.3) is 34.2 Å². The van der Waals surface area contributed by atoms with Gasteiger partial charge in [-0.25, -0.2) is 15.0 Å². The Morgan fingerprint density at radius 1 is 0.692 bits per heavy atom. The van der Waals surface area contributed by atoms with E-state index in [4.69, 9.17) is 14.2 Å². The number of rotatable bonds is 12. The molecule has 0 aliphatic rings. The molecule has 0 amide bonds.